The first-order valence-corrected chi connectivity index (χ1v) is 10.1. The number of amides is 1. The van der Waals surface area contributed by atoms with Gasteiger partial charge in [-0.3, -0.25) is 19.7 Å². The Morgan fingerprint density at radius 2 is 1.90 bits per heavy atom. The molecule has 2 heterocycles. The zero-order chi connectivity index (χ0) is 21.6. The predicted molar refractivity (Wildman–Crippen MR) is 111 cm³/mol. The fourth-order valence-corrected chi connectivity index (χ4v) is 4.51. The summed E-state index contributed by atoms with van der Waals surface area (Å²) >= 11 is 5.85. The number of halogens is 1. The number of fused-ring (bicyclic) bond motifs is 1. The lowest BCUT2D eigenvalue weighted by Crippen LogP contribution is -2.52. The number of carbonyl (C=O) groups excluding carboxylic acids is 2. The Hall–Kier alpha value is -2.93. The van der Waals surface area contributed by atoms with Gasteiger partial charge >= 0.3 is 0 Å². The smallest absolute Gasteiger partial charge is 0.283 e. The number of ether oxygens (including phenoxy) is 1. The van der Waals surface area contributed by atoms with Crippen molar-refractivity contribution in [1.29, 1.82) is 0 Å². The number of nitrogens with zero attached hydrogens (tertiary/aromatic N) is 2. The molecule has 4 rings (SSSR count). The summed E-state index contributed by atoms with van der Waals surface area (Å²) in [7, 11) is 0. The molecule has 1 spiro atoms. The number of nitro benzene ring substituents is 1. The Morgan fingerprint density at radius 3 is 2.57 bits per heavy atom. The molecule has 7 nitrogen and oxygen atoms in total. The summed E-state index contributed by atoms with van der Waals surface area (Å²) in [5.41, 5.74) is 1.62. The number of hydrogen-bond acceptors (Lipinski definition) is 5. The Bertz CT molecular complexity index is 1070. The molecule has 2 aliphatic rings. The standard InChI is InChI=1S/C22H21ClN2O5/c1-13-9-14(2)20-17(10-13)19(26)12-22(30-20)5-7-24(8-6-22)21(27)16-4-3-15(23)11-18(16)25(28)29/h3-4,9-11H,5-8,12H2,1-2H3. The van der Waals surface area contributed by atoms with Crippen molar-refractivity contribution in [3.63, 3.8) is 0 Å². The molecule has 30 heavy (non-hydrogen) atoms. The molecule has 0 saturated carbocycles. The zero-order valence-electron chi connectivity index (χ0n) is 16.7. The average Bonchev–Trinajstić information content (AvgIpc) is 2.69. The van der Waals surface area contributed by atoms with Gasteiger partial charge in [0.1, 0.15) is 16.9 Å². The van der Waals surface area contributed by atoms with Gasteiger partial charge in [-0.05, 0) is 43.2 Å². The minimum atomic E-state index is -0.646. The van der Waals surface area contributed by atoms with Crippen LogP contribution in [0.4, 0.5) is 5.69 Å². The van der Waals surface area contributed by atoms with E-state index >= 15 is 0 Å². The molecule has 2 aromatic carbocycles. The molecule has 0 unspecified atom stereocenters. The van der Waals surface area contributed by atoms with Crippen LogP contribution >= 0.6 is 11.6 Å². The zero-order valence-corrected chi connectivity index (χ0v) is 17.5. The van der Waals surface area contributed by atoms with E-state index < -0.39 is 16.4 Å². The van der Waals surface area contributed by atoms with Gasteiger partial charge in [-0.2, -0.15) is 0 Å². The summed E-state index contributed by atoms with van der Waals surface area (Å²) in [6, 6.07) is 7.89. The number of rotatable bonds is 2. The van der Waals surface area contributed by atoms with Gasteiger partial charge in [-0.1, -0.05) is 17.7 Å². The minimum absolute atomic E-state index is 0.0117. The molecule has 0 aromatic heterocycles. The van der Waals surface area contributed by atoms with Gasteiger partial charge < -0.3 is 9.64 Å². The lowest BCUT2D eigenvalue weighted by molar-refractivity contribution is -0.385. The van der Waals surface area contributed by atoms with Crippen LogP contribution in [0.5, 0.6) is 5.75 Å². The monoisotopic (exact) mass is 428 g/mol. The number of benzene rings is 2. The van der Waals surface area contributed by atoms with E-state index in [1.54, 1.807) is 4.90 Å². The highest BCUT2D eigenvalue weighted by Crippen LogP contribution is 2.41. The van der Waals surface area contributed by atoms with Crippen LogP contribution < -0.4 is 4.74 Å². The van der Waals surface area contributed by atoms with Crippen molar-refractivity contribution in [1.82, 2.24) is 4.90 Å². The molecule has 0 atom stereocenters. The maximum Gasteiger partial charge on any atom is 0.283 e. The predicted octanol–water partition coefficient (Wildman–Crippen LogP) is 4.51. The molecular formula is C22H21ClN2O5. The van der Waals surface area contributed by atoms with Gasteiger partial charge in [-0.25, -0.2) is 0 Å². The third-order valence-electron chi connectivity index (χ3n) is 5.87. The van der Waals surface area contributed by atoms with Crippen molar-refractivity contribution in [3.8, 4) is 5.75 Å². The quantitative estimate of drug-likeness (QED) is 0.518. The molecule has 0 aliphatic carbocycles. The van der Waals surface area contributed by atoms with Crippen LogP contribution in [0.2, 0.25) is 5.02 Å². The number of ketones is 1. The Balaban J connectivity index is 1.54. The van der Waals surface area contributed by atoms with E-state index in [1.165, 1.54) is 18.2 Å². The second-order valence-electron chi connectivity index (χ2n) is 8.05. The van der Waals surface area contributed by atoms with Crippen LogP contribution in [0, 0.1) is 24.0 Å². The summed E-state index contributed by atoms with van der Waals surface area (Å²) in [4.78, 5) is 38.0. The van der Waals surface area contributed by atoms with Crippen LogP contribution in [-0.4, -0.2) is 40.2 Å². The van der Waals surface area contributed by atoms with Gasteiger partial charge in [-0.15, -0.1) is 0 Å². The van der Waals surface area contributed by atoms with Crippen molar-refractivity contribution in [3.05, 3.63) is 67.7 Å². The van der Waals surface area contributed by atoms with Crippen molar-refractivity contribution in [2.45, 2.75) is 38.7 Å². The molecule has 0 radical (unpaired) electrons. The maximum atomic E-state index is 12.9. The largest absolute Gasteiger partial charge is 0.486 e. The number of carbonyl (C=O) groups is 2. The van der Waals surface area contributed by atoms with E-state index in [1.807, 2.05) is 26.0 Å². The number of Topliss-reactive ketones (excluding diaryl/α,β-unsaturated/α-hetero) is 1. The summed E-state index contributed by atoms with van der Waals surface area (Å²) < 4.78 is 6.34. The molecule has 0 bridgehead atoms. The van der Waals surface area contributed by atoms with Gasteiger partial charge in [0.15, 0.2) is 5.78 Å². The van der Waals surface area contributed by atoms with E-state index in [2.05, 4.69) is 0 Å². The summed E-state index contributed by atoms with van der Waals surface area (Å²) in [5, 5.41) is 11.5. The molecule has 1 saturated heterocycles. The topological polar surface area (TPSA) is 89.8 Å². The molecular weight excluding hydrogens is 408 g/mol. The lowest BCUT2D eigenvalue weighted by atomic mass is 9.81. The van der Waals surface area contributed by atoms with Gasteiger partial charge in [0.2, 0.25) is 0 Å². The fraction of sp³-hybridized carbons (Fsp3) is 0.364. The Labute approximate surface area is 178 Å². The van der Waals surface area contributed by atoms with E-state index in [9.17, 15) is 19.7 Å². The first-order valence-electron chi connectivity index (χ1n) is 9.76. The molecule has 2 aromatic rings. The number of piperidine rings is 1. The molecule has 1 amide bonds. The average molecular weight is 429 g/mol. The van der Waals surface area contributed by atoms with Crippen molar-refractivity contribution in [2.24, 2.45) is 0 Å². The molecule has 156 valence electrons. The summed E-state index contributed by atoms with van der Waals surface area (Å²) in [6.45, 7) is 4.58. The Kier molecular flexibility index (Phi) is 5.02. The Morgan fingerprint density at radius 1 is 1.20 bits per heavy atom. The second kappa shape index (κ2) is 7.40. The van der Waals surface area contributed by atoms with Crippen LogP contribution in [0.1, 0.15) is 51.1 Å². The van der Waals surface area contributed by atoms with Gasteiger partial charge in [0, 0.05) is 37.0 Å². The van der Waals surface area contributed by atoms with Crippen LogP contribution in [-0.2, 0) is 0 Å². The number of nitro groups is 1. The van der Waals surface area contributed by atoms with E-state index in [4.69, 9.17) is 16.3 Å². The van der Waals surface area contributed by atoms with Crippen molar-refractivity contribution >= 4 is 29.0 Å². The van der Waals surface area contributed by atoms with E-state index in [-0.39, 0.29) is 28.5 Å². The second-order valence-corrected chi connectivity index (χ2v) is 8.49. The number of hydrogen-bond donors (Lipinski definition) is 0. The molecule has 8 heteroatoms. The number of aryl methyl sites for hydroxylation is 2. The van der Waals surface area contributed by atoms with Gasteiger partial charge in [0.25, 0.3) is 11.6 Å². The van der Waals surface area contributed by atoms with Crippen molar-refractivity contribution < 1.29 is 19.2 Å². The third-order valence-corrected chi connectivity index (χ3v) is 6.10. The minimum Gasteiger partial charge on any atom is -0.486 e. The van der Waals surface area contributed by atoms with E-state index in [0.29, 0.717) is 37.2 Å². The fourth-order valence-electron chi connectivity index (χ4n) is 4.34. The number of likely N-dealkylation sites (tertiary alicyclic amines) is 1. The van der Waals surface area contributed by atoms with E-state index in [0.717, 1.165) is 11.1 Å². The molecule has 1 fully saturated rings. The van der Waals surface area contributed by atoms with Crippen LogP contribution in [0.3, 0.4) is 0 Å². The summed E-state index contributed by atoms with van der Waals surface area (Å²) in [5.74, 6) is 0.267. The first kappa shape index (κ1) is 20.3. The third kappa shape index (κ3) is 3.54. The summed E-state index contributed by atoms with van der Waals surface area (Å²) in [6.07, 6.45) is 1.24. The molecule has 0 N–H and O–H groups in total. The SMILES string of the molecule is Cc1cc(C)c2c(c1)C(=O)CC1(CCN(C(=O)c3ccc(Cl)cc3[N+](=O)[O-])CC1)O2. The highest BCUT2D eigenvalue weighted by molar-refractivity contribution is 6.31. The highest BCUT2D eigenvalue weighted by atomic mass is 35.5. The first-order chi connectivity index (χ1) is 14.2. The van der Waals surface area contributed by atoms with Gasteiger partial charge in [0.05, 0.1) is 16.9 Å². The highest BCUT2D eigenvalue weighted by Gasteiger charge is 2.44. The maximum absolute atomic E-state index is 12.9. The van der Waals surface area contributed by atoms with Crippen LogP contribution in [0.25, 0.3) is 0 Å². The normalized spacial score (nSPS) is 17.4. The van der Waals surface area contributed by atoms with Crippen LogP contribution in [0.15, 0.2) is 30.3 Å². The lowest BCUT2D eigenvalue weighted by Gasteiger charge is -2.44. The molecule has 2 aliphatic heterocycles. The van der Waals surface area contributed by atoms with Crippen molar-refractivity contribution in [2.75, 3.05) is 13.1 Å².